The lowest BCUT2D eigenvalue weighted by Gasteiger charge is -2.10. The van der Waals surface area contributed by atoms with Crippen molar-refractivity contribution < 1.29 is 4.79 Å². The molecule has 27 heavy (non-hydrogen) atoms. The number of aryl methyl sites for hydroxylation is 2. The van der Waals surface area contributed by atoms with Crippen LogP contribution in [-0.4, -0.2) is 30.5 Å². The zero-order valence-electron chi connectivity index (χ0n) is 15.5. The molecule has 0 radical (unpaired) electrons. The van der Waals surface area contributed by atoms with Gasteiger partial charge in [-0.05, 0) is 19.1 Å². The van der Waals surface area contributed by atoms with Gasteiger partial charge in [0.1, 0.15) is 0 Å². The van der Waals surface area contributed by atoms with E-state index in [0.717, 1.165) is 33.4 Å². The largest absolute Gasteiger partial charge is 0.348 e. The maximum atomic E-state index is 12.9. The number of hydrogen-bond donors (Lipinski definition) is 1. The number of nitrogens with one attached hydrogen (secondary N) is 1. The van der Waals surface area contributed by atoms with E-state index in [1.807, 2.05) is 57.5 Å². The van der Waals surface area contributed by atoms with Crippen molar-refractivity contribution in [1.29, 1.82) is 0 Å². The Morgan fingerprint density at radius 1 is 1.15 bits per heavy atom. The van der Waals surface area contributed by atoms with Gasteiger partial charge < -0.3 is 5.32 Å². The summed E-state index contributed by atoms with van der Waals surface area (Å²) >= 11 is 0. The van der Waals surface area contributed by atoms with Crippen molar-refractivity contribution in [3.8, 4) is 11.3 Å². The normalized spacial score (nSPS) is 11.1. The molecule has 136 valence electrons. The first kappa shape index (κ1) is 17.0. The number of para-hydroxylation sites is 1. The smallest absolute Gasteiger partial charge is 0.252 e. The molecule has 0 fully saturated rings. The molecule has 0 aliphatic carbocycles. The molecule has 0 saturated carbocycles. The molecule has 3 heterocycles. The van der Waals surface area contributed by atoms with Crippen LogP contribution in [0.25, 0.3) is 22.2 Å². The molecule has 3 aromatic heterocycles. The fraction of sp³-hybridized carbons (Fsp3) is 0.200. The fourth-order valence-corrected chi connectivity index (χ4v) is 3.09. The molecule has 4 aromatic rings. The number of hydrogen-bond acceptors (Lipinski definition) is 4. The first-order chi connectivity index (χ1) is 13.0. The van der Waals surface area contributed by atoms with Gasteiger partial charge >= 0.3 is 0 Å². The Kier molecular flexibility index (Phi) is 4.19. The SMILES string of the molecule is Cc1c(-c2cc(C(=O)NCc3cnn(C)c3)c3ccccc3n2)cnn1C. The quantitative estimate of drug-likeness (QED) is 0.607. The number of fused-ring (bicyclic) bond motifs is 1. The van der Waals surface area contributed by atoms with Gasteiger partial charge in [-0.25, -0.2) is 4.98 Å². The van der Waals surface area contributed by atoms with Crippen LogP contribution in [0.3, 0.4) is 0 Å². The minimum atomic E-state index is -0.139. The number of aromatic nitrogens is 5. The fourth-order valence-electron chi connectivity index (χ4n) is 3.09. The van der Waals surface area contributed by atoms with E-state index in [1.54, 1.807) is 21.8 Å². The molecule has 0 aliphatic heterocycles. The second kappa shape index (κ2) is 6.68. The molecule has 7 nitrogen and oxygen atoms in total. The summed E-state index contributed by atoms with van der Waals surface area (Å²) in [6, 6.07) is 9.51. The van der Waals surface area contributed by atoms with Gasteiger partial charge in [-0.1, -0.05) is 18.2 Å². The van der Waals surface area contributed by atoms with Gasteiger partial charge in [0.05, 0.1) is 29.2 Å². The van der Waals surface area contributed by atoms with Crippen LogP contribution in [0, 0.1) is 6.92 Å². The molecule has 1 N–H and O–H groups in total. The van der Waals surface area contributed by atoms with E-state index < -0.39 is 0 Å². The van der Waals surface area contributed by atoms with Gasteiger partial charge in [-0.15, -0.1) is 0 Å². The Labute approximate surface area is 156 Å². The predicted octanol–water partition coefficient (Wildman–Crippen LogP) is 2.61. The zero-order chi connectivity index (χ0) is 19.0. The summed E-state index contributed by atoms with van der Waals surface area (Å²) in [5.41, 5.74) is 5.00. The van der Waals surface area contributed by atoms with E-state index in [0.29, 0.717) is 12.1 Å². The van der Waals surface area contributed by atoms with Crippen LogP contribution < -0.4 is 5.32 Å². The van der Waals surface area contributed by atoms with Gasteiger partial charge in [0.15, 0.2) is 0 Å². The number of carbonyl (C=O) groups excluding carboxylic acids is 1. The van der Waals surface area contributed by atoms with Crippen molar-refractivity contribution in [1.82, 2.24) is 29.9 Å². The van der Waals surface area contributed by atoms with Crippen molar-refractivity contribution in [2.24, 2.45) is 14.1 Å². The minimum Gasteiger partial charge on any atom is -0.348 e. The number of benzene rings is 1. The number of carbonyl (C=O) groups is 1. The number of pyridine rings is 1. The molecular weight excluding hydrogens is 340 g/mol. The maximum absolute atomic E-state index is 12.9. The van der Waals surface area contributed by atoms with Crippen LogP contribution in [0.4, 0.5) is 0 Å². The predicted molar refractivity (Wildman–Crippen MR) is 103 cm³/mol. The van der Waals surface area contributed by atoms with Crippen LogP contribution in [0.5, 0.6) is 0 Å². The standard InChI is InChI=1S/C20H20N6O/c1-13-17(11-23-26(13)3)19-8-16(15-6-4-5-7-18(15)24-19)20(27)21-9-14-10-22-25(2)12-14/h4-8,10-12H,9H2,1-3H3,(H,21,27). The van der Waals surface area contributed by atoms with Gasteiger partial charge in [-0.3, -0.25) is 14.2 Å². The monoisotopic (exact) mass is 360 g/mol. The van der Waals surface area contributed by atoms with E-state index >= 15 is 0 Å². The molecule has 7 heteroatoms. The summed E-state index contributed by atoms with van der Waals surface area (Å²) in [5.74, 6) is -0.139. The van der Waals surface area contributed by atoms with Crippen molar-refractivity contribution in [2.75, 3.05) is 0 Å². The lowest BCUT2D eigenvalue weighted by molar-refractivity contribution is 0.0952. The van der Waals surface area contributed by atoms with Gasteiger partial charge in [0.2, 0.25) is 0 Å². The number of nitrogens with zero attached hydrogens (tertiary/aromatic N) is 5. The second-order valence-electron chi connectivity index (χ2n) is 6.54. The number of rotatable bonds is 4. The Balaban J connectivity index is 1.74. The molecule has 0 spiro atoms. The highest BCUT2D eigenvalue weighted by molar-refractivity contribution is 6.07. The highest BCUT2D eigenvalue weighted by Gasteiger charge is 2.16. The van der Waals surface area contributed by atoms with Gasteiger partial charge in [0.25, 0.3) is 5.91 Å². The molecule has 0 bridgehead atoms. The third kappa shape index (κ3) is 3.19. The average Bonchev–Trinajstić information content (AvgIpc) is 3.24. The second-order valence-corrected chi connectivity index (χ2v) is 6.54. The highest BCUT2D eigenvalue weighted by Crippen LogP contribution is 2.26. The van der Waals surface area contributed by atoms with E-state index in [2.05, 4.69) is 15.5 Å². The Hall–Kier alpha value is -3.48. The minimum absolute atomic E-state index is 0.139. The summed E-state index contributed by atoms with van der Waals surface area (Å²) in [6.07, 6.45) is 5.41. The summed E-state index contributed by atoms with van der Waals surface area (Å²) in [6.45, 7) is 2.41. The molecule has 0 saturated heterocycles. The maximum Gasteiger partial charge on any atom is 0.252 e. The molecule has 0 atom stereocenters. The van der Waals surface area contributed by atoms with Crippen LogP contribution >= 0.6 is 0 Å². The van der Waals surface area contributed by atoms with Gasteiger partial charge in [-0.2, -0.15) is 10.2 Å². The summed E-state index contributed by atoms with van der Waals surface area (Å²) in [7, 11) is 3.74. The molecular formula is C20H20N6O. The lowest BCUT2D eigenvalue weighted by Crippen LogP contribution is -2.23. The van der Waals surface area contributed by atoms with Crippen molar-refractivity contribution in [2.45, 2.75) is 13.5 Å². The number of amides is 1. The topological polar surface area (TPSA) is 77.6 Å². The van der Waals surface area contributed by atoms with E-state index in [1.165, 1.54) is 0 Å². The first-order valence-electron chi connectivity index (χ1n) is 8.67. The van der Waals surface area contributed by atoms with E-state index in [-0.39, 0.29) is 5.91 Å². The summed E-state index contributed by atoms with van der Waals surface area (Å²) in [5, 5.41) is 12.2. The van der Waals surface area contributed by atoms with Gasteiger partial charge in [0, 0.05) is 49.0 Å². The summed E-state index contributed by atoms with van der Waals surface area (Å²) in [4.78, 5) is 17.7. The van der Waals surface area contributed by atoms with Crippen LogP contribution in [-0.2, 0) is 20.6 Å². The average molecular weight is 360 g/mol. The Bertz CT molecular complexity index is 1140. The Morgan fingerprint density at radius 3 is 2.67 bits per heavy atom. The Morgan fingerprint density at radius 2 is 1.96 bits per heavy atom. The summed E-state index contributed by atoms with van der Waals surface area (Å²) < 4.78 is 3.51. The third-order valence-corrected chi connectivity index (χ3v) is 4.68. The highest BCUT2D eigenvalue weighted by atomic mass is 16.1. The first-order valence-corrected chi connectivity index (χ1v) is 8.67. The van der Waals surface area contributed by atoms with Crippen LogP contribution in [0.15, 0.2) is 48.9 Å². The van der Waals surface area contributed by atoms with Crippen LogP contribution in [0.1, 0.15) is 21.6 Å². The molecule has 0 aliphatic rings. The molecule has 0 unspecified atom stereocenters. The van der Waals surface area contributed by atoms with E-state index in [4.69, 9.17) is 4.98 Å². The van der Waals surface area contributed by atoms with Crippen molar-refractivity contribution in [3.05, 3.63) is 65.7 Å². The van der Waals surface area contributed by atoms with E-state index in [9.17, 15) is 4.79 Å². The molecule has 1 aromatic carbocycles. The zero-order valence-corrected chi connectivity index (χ0v) is 15.5. The third-order valence-electron chi connectivity index (χ3n) is 4.68. The van der Waals surface area contributed by atoms with Crippen molar-refractivity contribution >= 4 is 16.8 Å². The lowest BCUT2D eigenvalue weighted by atomic mass is 10.0. The van der Waals surface area contributed by atoms with Crippen molar-refractivity contribution in [3.63, 3.8) is 0 Å². The van der Waals surface area contributed by atoms with Crippen LogP contribution in [0.2, 0.25) is 0 Å². The molecule has 1 amide bonds. The molecule has 4 rings (SSSR count).